The highest BCUT2D eigenvalue weighted by Gasteiger charge is 2.22. The Bertz CT molecular complexity index is 1160. The number of aromatic nitrogens is 2. The second-order valence-corrected chi connectivity index (χ2v) is 9.44. The van der Waals surface area contributed by atoms with Crippen LogP contribution >= 0.6 is 0 Å². The zero-order valence-electron chi connectivity index (χ0n) is 17.0. The summed E-state index contributed by atoms with van der Waals surface area (Å²) in [7, 11) is -3.69. The number of carbonyl (C=O) groups excluding carboxylic acids is 1. The summed E-state index contributed by atoms with van der Waals surface area (Å²) in [6, 6.07) is 15.8. The molecular weight excluding hydrogens is 400 g/mol. The van der Waals surface area contributed by atoms with Crippen molar-refractivity contribution in [2.45, 2.75) is 31.2 Å². The fourth-order valence-electron chi connectivity index (χ4n) is 2.70. The number of hydrogen-bond acceptors (Lipinski definition) is 4. The Morgan fingerprint density at radius 1 is 1.07 bits per heavy atom. The molecule has 0 saturated heterocycles. The van der Waals surface area contributed by atoms with Crippen LogP contribution in [-0.4, -0.2) is 29.6 Å². The number of sulfonamides is 1. The number of anilines is 1. The monoisotopic (exact) mass is 424 g/mol. The first-order chi connectivity index (χ1) is 14.1. The van der Waals surface area contributed by atoms with Gasteiger partial charge in [0.05, 0.1) is 16.8 Å². The first-order valence-electron chi connectivity index (χ1n) is 9.36. The second kappa shape index (κ2) is 8.64. The molecule has 3 rings (SSSR count). The number of nitrogens with zero attached hydrogens (tertiary/aromatic N) is 2. The van der Waals surface area contributed by atoms with Gasteiger partial charge in [-0.2, -0.15) is 5.10 Å². The van der Waals surface area contributed by atoms with Gasteiger partial charge in [-0.15, -0.1) is 0 Å². The fraction of sp³-hybridized carbons (Fsp3) is 0.182. The highest BCUT2D eigenvalue weighted by Crippen LogP contribution is 2.17. The van der Waals surface area contributed by atoms with E-state index in [0.717, 1.165) is 11.3 Å². The summed E-state index contributed by atoms with van der Waals surface area (Å²) in [6.07, 6.45) is 6.48. The van der Waals surface area contributed by atoms with Crippen molar-refractivity contribution in [3.05, 3.63) is 78.6 Å². The van der Waals surface area contributed by atoms with Gasteiger partial charge >= 0.3 is 0 Å². The maximum Gasteiger partial charge on any atom is 0.248 e. The van der Waals surface area contributed by atoms with Gasteiger partial charge in [-0.3, -0.25) is 4.79 Å². The van der Waals surface area contributed by atoms with E-state index >= 15 is 0 Å². The summed E-state index contributed by atoms with van der Waals surface area (Å²) >= 11 is 0. The van der Waals surface area contributed by atoms with E-state index in [2.05, 4.69) is 15.1 Å². The van der Waals surface area contributed by atoms with Crippen LogP contribution in [0.3, 0.4) is 0 Å². The molecule has 3 aromatic rings. The van der Waals surface area contributed by atoms with Gasteiger partial charge in [0.1, 0.15) is 0 Å². The number of carbonyl (C=O) groups is 1. The van der Waals surface area contributed by atoms with E-state index in [1.807, 2.05) is 36.5 Å². The Hall–Kier alpha value is -3.23. The van der Waals surface area contributed by atoms with Crippen LogP contribution in [0.1, 0.15) is 26.3 Å². The largest absolute Gasteiger partial charge is 0.322 e. The minimum Gasteiger partial charge on any atom is -0.322 e. The molecule has 0 saturated carbocycles. The Morgan fingerprint density at radius 3 is 2.50 bits per heavy atom. The van der Waals surface area contributed by atoms with Crippen molar-refractivity contribution in [2.75, 3.05) is 5.32 Å². The molecule has 0 bridgehead atoms. The Morgan fingerprint density at radius 2 is 1.80 bits per heavy atom. The quantitative estimate of drug-likeness (QED) is 0.591. The highest BCUT2D eigenvalue weighted by atomic mass is 32.2. The first-order valence-corrected chi connectivity index (χ1v) is 10.8. The minimum atomic E-state index is -3.69. The number of rotatable bonds is 6. The SMILES string of the molecule is CC(C)(C)NS(=O)(=O)c1cccc(NC(=O)/C=C/c2cnn(-c3ccccc3)c2)c1. The average Bonchev–Trinajstić information content (AvgIpc) is 3.15. The fourth-order valence-corrected chi connectivity index (χ4v) is 4.17. The summed E-state index contributed by atoms with van der Waals surface area (Å²) in [5, 5.41) is 6.96. The predicted molar refractivity (Wildman–Crippen MR) is 118 cm³/mol. The van der Waals surface area contributed by atoms with E-state index in [1.165, 1.54) is 18.2 Å². The molecule has 1 heterocycles. The molecule has 1 aromatic heterocycles. The topological polar surface area (TPSA) is 93.1 Å². The third-order valence-electron chi connectivity index (χ3n) is 3.90. The lowest BCUT2D eigenvalue weighted by molar-refractivity contribution is -0.111. The van der Waals surface area contributed by atoms with Crippen molar-refractivity contribution in [3.63, 3.8) is 0 Å². The van der Waals surface area contributed by atoms with E-state index in [1.54, 1.807) is 49.9 Å². The molecule has 0 aliphatic rings. The van der Waals surface area contributed by atoms with Gasteiger partial charge in [0, 0.05) is 29.1 Å². The van der Waals surface area contributed by atoms with Gasteiger partial charge in [0.15, 0.2) is 0 Å². The van der Waals surface area contributed by atoms with E-state index in [-0.39, 0.29) is 10.8 Å². The third kappa shape index (κ3) is 5.88. The number of para-hydroxylation sites is 1. The lowest BCUT2D eigenvalue weighted by Gasteiger charge is -2.20. The standard InChI is InChI=1S/C22H24N4O3S/c1-22(2,3)25-30(28,29)20-11-7-8-18(14-20)24-21(27)13-12-17-15-23-26(16-17)19-9-5-4-6-10-19/h4-16,25H,1-3H3,(H,24,27)/b13-12+. The third-order valence-corrected chi connectivity index (χ3v) is 5.66. The summed E-state index contributed by atoms with van der Waals surface area (Å²) in [6.45, 7) is 5.29. The van der Waals surface area contributed by atoms with E-state index in [9.17, 15) is 13.2 Å². The molecule has 7 nitrogen and oxygen atoms in total. The number of nitrogens with one attached hydrogen (secondary N) is 2. The van der Waals surface area contributed by atoms with Crippen molar-refractivity contribution in [1.29, 1.82) is 0 Å². The molecule has 1 amide bonds. The van der Waals surface area contributed by atoms with Crippen molar-refractivity contribution in [1.82, 2.24) is 14.5 Å². The molecule has 2 aromatic carbocycles. The summed E-state index contributed by atoms with van der Waals surface area (Å²) < 4.78 is 29.2. The van der Waals surface area contributed by atoms with E-state index in [4.69, 9.17) is 0 Å². The molecular formula is C22H24N4O3S. The minimum absolute atomic E-state index is 0.0864. The summed E-state index contributed by atoms with van der Waals surface area (Å²) in [5.41, 5.74) is 1.47. The van der Waals surface area contributed by atoms with Crippen molar-refractivity contribution < 1.29 is 13.2 Å². The van der Waals surface area contributed by atoms with Gasteiger partial charge in [0.25, 0.3) is 0 Å². The van der Waals surface area contributed by atoms with E-state index in [0.29, 0.717) is 5.69 Å². The Balaban J connectivity index is 1.68. The van der Waals surface area contributed by atoms with Crippen LogP contribution in [0.4, 0.5) is 5.69 Å². The zero-order chi connectivity index (χ0) is 21.8. The maximum absolute atomic E-state index is 12.5. The molecule has 0 fully saturated rings. The Labute approximate surface area is 176 Å². The van der Waals surface area contributed by atoms with Crippen LogP contribution < -0.4 is 10.0 Å². The molecule has 0 radical (unpaired) electrons. The van der Waals surface area contributed by atoms with Gasteiger partial charge in [-0.05, 0) is 57.2 Å². The van der Waals surface area contributed by atoms with Crippen molar-refractivity contribution in [3.8, 4) is 5.69 Å². The summed E-state index contributed by atoms with van der Waals surface area (Å²) in [4.78, 5) is 12.3. The van der Waals surface area contributed by atoms with Crippen molar-refractivity contribution in [2.24, 2.45) is 0 Å². The zero-order valence-corrected chi connectivity index (χ0v) is 17.8. The lowest BCUT2D eigenvalue weighted by Crippen LogP contribution is -2.40. The van der Waals surface area contributed by atoms with Gasteiger partial charge < -0.3 is 5.32 Å². The molecule has 0 atom stereocenters. The lowest BCUT2D eigenvalue weighted by atomic mass is 10.1. The van der Waals surface area contributed by atoms with Crippen molar-refractivity contribution >= 4 is 27.7 Å². The van der Waals surface area contributed by atoms with Crippen LogP contribution in [0.5, 0.6) is 0 Å². The van der Waals surface area contributed by atoms with Gasteiger partial charge in [-0.1, -0.05) is 24.3 Å². The van der Waals surface area contributed by atoms with Crippen LogP contribution in [0.15, 0.2) is 78.0 Å². The molecule has 0 aliphatic heterocycles. The molecule has 156 valence electrons. The van der Waals surface area contributed by atoms with Crippen LogP contribution in [0.25, 0.3) is 11.8 Å². The smallest absolute Gasteiger partial charge is 0.248 e. The molecule has 2 N–H and O–H groups in total. The van der Waals surface area contributed by atoms with Crippen LogP contribution in [-0.2, 0) is 14.8 Å². The molecule has 0 aliphatic carbocycles. The highest BCUT2D eigenvalue weighted by molar-refractivity contribution is 7.89. The second-order valence-electron chi connectivity index (χ2n) is 7.76. The predicted octanol–water partition coefficient (Wildman–Crippen LogP) is 3.60. The number of hydrogen-bond donors (Lipinski definition) is 2. The maximum atomic E-state index is 12.5. The number of benzene rings is 2. The van der Waals surface area contributed by atoms with Gasteiger partial charge in [0.2, 0.25) is 15.9 Å². The molecule has 8 heteroatoms. The van der Waals surface area contributed by atoms with Crippen LogP contribution in [0, 0.1) is 0 Å². The van der Waals surface area contributed by atoms with Gasteiger partial charge in [-0.25, -0.2) is 17.8 Å². The average molecular weight is 425 g/mol. The molecule has 30 heavy (non-hydrogen) atoms. The summed E-state index contributed by atoms with van der Waals surface area (Å²) in [5.74, 6) is -0.374. The molecule has 0 spiro atoms. The number of amides is 1. The van der Waals surface area contributed by atoms with E-state index < -0.39 is 15.6 Å². The van der Waals surface area contributed by atoms with Crippen LogP contribution in [0.2, 0.25) is 0 Å². The Kier molecular flexibility index (Phi) is 6.19. The molecule has 0 unspecified atom stereocenters. The first kappa shape index (κ1) is 21.5. The normalized spacial score (nSPS) is 12.2.